The second-order valence-electron chi connectivity index (χ2n) is 3.01. The van der Waals surface area contributed by atoms with Crippen LogP contribution in [0.4, 0.5) is 0 Å². The van der Waals surface area contributed by atoms with Crippen molar-refractivity contribution in [1.29, 1.82) is 0 Å². The predicted octanol–water partition coefficient (Wildman–Crippen LogP) is 2.00. The number of thiophene rings is 1. The quantitative estimate of drug-likeness (QED) is 0.730. The molecule has 2 aromatic rings. The summed E-state index contributed by atoms with van der Waals surface area (Å²) in [6, 6.07) is 2.20. The third-order valence-corrected chi connectivity index (χ3v) is 3.12. The van der Waals surface area contributed by atoms with Crippen LogP contribution in [-0.2, 0) is 6.54 Å². The van der Waals surface area contributed by atoms with Gasteiger partial charge >= 0.3 is 0 Å². The highest BCUT2D eigenvalue weighted by molar-refractivity contribution is 7.12. The van der Waals surface area contributed by atoms with Crippen molar-refractivity contribution in [2.24, 2.45) is 0 Å². The van der Waals surface area contributed by atoms with Crippen molar-refractivity contribution in [3.05, 3.63) is 33.8 Å². The van der Waals surface area contributed by atoms with Gasteiger partial charge < -0.3 is 0 Å². The lowest BCUT2D eigenvalue weighted by Gasteiger charge is -1.94. The first-order valence-electron chi connectivity index (χ1n) is 4.16. The van der Waals surface area contributed by atoms with Gasteiger partial charge in [-0.1, -0.05) is 0 Å². The Morgan fingerprint density at radius 2 is 2.00 bits per heavy atom. The molecule has 2 rings (SSSR count). The summed E-state index contributed by atoms with van der Waals surface area (Å²) in [6.45, 7) is 5.05. The largest absolute Gasteiger partial charge is 0.180 e. The van der Waals surface area contributed by atoms with E-state index in [1.54, 1.807) is 17.2 Å². The van der Waals surface area contributed by atoms with Crippen molar-refractivity contribution in [1.82, 2.24) is 15.0 Å². The molecule has 0 saturated carbocycles. The van der Waals surface area contributed by atoms with E-state index in [0.717, 1.165) is 6.54 Å². The number of aryl methyl sites for hydroxylation is 2. The zero-order valence-electron chi connectivity index (χ0n) is 7.69. The van der Waals surface area contributed by atoms with Crippen LogP contribution < -0.4 is 0 Å². The van der Waals surface area contributed by atoms with E-state index >= 15 is 0 Å². The summed E-state index contributed by atoms with van der Waals surface area (Å²) in [4.78, 5) is 4.39. The van der Waals surface area contributed by atoms with E-state index in [0.29, 0.717) is 0 Å². The molecule has 4 heteroatoms. The van der Waals surface area contributed by atoms with E-state index < -0.39 is 0 Å². The van der Waals surface area contributed by atoms with Crippen molar-refractivity contribution in [2.75, 3.05) is 0 Å². The van der Waals surface area contributed by atoms with Crippen LogP contribution in [0.2, 0.25) is 0 Å². The predicted molar refractivity (Wildman–Crippen MR) is 52.9 cm³/mol. The third-order valence-electron chi connectivity index (χ3n) is 1.98. The molecule has 0 aromatic carbocycles. The molecule has 0 spiro atoms. The van der Waals surface area contributed by atoms with Crippen molar-refractivity contribution in [3.8, 4) is 0 Å². The lowest BCUT2D eigenvalue weighted by atomic mass is 10.3. The van der Waals surface area contributed by atoms with Crippen molar-refractivity contribution < 1.29 is 0 Å². The number of rotatable bonds is 2. The summed E-state index contributed by atoms with van der Waals surface area (Å²) in [5.41, 5.74) is 1.35. The maximum Gasteiger partial charge on any atom is 0.0949 e. The molecule has 0 N–H and O–H groups in total. The Morgan fingerprint density at radius 3 is 2.54 bits per heavy atom. The van der Waals surface area contributed by atoms with Gasteiger partial charge in [0, 0.05) is 9.75 Å². The standard InChI is InChI=1S/C9H11N3S/c1-7-5-9(13-8(7)2)6-12-10-3-4-11-12/h3-5H,6H2,1-2H3. The Kier molecular flexibility index (Phi) is 2.14. The average Bonchev–Trinajstić information content (AvgIpc) is 2.64. The average molecular weight is 193 g/mol. The van der Waals surface area contributed by atoms with E-state index in [-0.39, 0.29) is 0 Å². The van der Waals surface area contributed by atoms with Crippen molar-refractivity contribution >= 4 is 11.3 Å². The minimum Gasteiger partial charge on any atom is -0.180 e. The van der Waals surface area contributed by atoms with Gasteiger partial charge in [-0.05, 0) is 25.5 Å². The van der Waals surface area contributed by atoms with E-state index in [1.165, 1.54) is 15.3 Å². The summed E-state index contributed by atoms with van der Waals surface area (Å²) in [7, 11) is 0. The first kappa shape index (κ1) is 8.44. The van der Waals surface area contributed by atoms with Crippen LogP contribution in [0.1, 0.15) is 15.3 Å². The van der Waals surface area contributed by atoms with Crippen LogP contribution in [0.5, 0.6) is 0 Å². The molecule has 0 saturated heterocycles. The van der Waals surface area contributed by atoms with Crippen molar-refractivity contribution in [3.63, 3.8) is 0 Å². The minimum atomic E-state index is 0.784. The maximum atomic E-state index is 4.06. The first-order chi connectivity index (χ1) is 6.25. The summed E-state index contributed by atoms with van der Waals surface area (Å²) in [6.07, 6.45) is 3.40. The Hall–Kier alpha value is -1.16. The highest BCUT2D eigenvalue weighted by Gasteiger charge is 2.02. The van der Waals surface area contributed by atoms with Crippen LogP contribution in [-0.4, -0.2) is 15.0 Å². The molecule has 0 atom stereocenters. The summed E-state index contributed by atoms with van der Waals surface area (Å²) >= 11 is 1.81. The van der Waals surface area contributed by atoms with Gasteiger partial charge in [0.25, 0.3) is 0 Å². The van der Waals surface area contributed by atoms with Crippen molar-refractivity contribution in [2.45, 2.75) is 20.4 Å². The molecular formula is C9H11N3S. The molecule has 0 unspecified atom stereocenters. The van der Waals surface area contributed by atoms with Gasteiger partial charge in [0.15, 0.2) is 0 Å². The Bertz CT molecular complexity index is 369. The fourth-order valence-electron chi connectivity index (χ4n) is 1.19. The minimum absolute atomic E-state index is 0.784. The molecule has 13 heavy (non-hydrogen) atoms. The number of nitrogens with zero attached hydrogens (tertiary/aromatic N) is 3. The van der Waals surface area contributed by atoms with Gasteiger partial charge in [-0.25, -0.2) is 0 Å². The lowest BCUT2D eigenvalue weighted by molar-refractivity contribution is 0.596. The molecule has 68 valence electrons. The van der Waals surface area contributed by atoms with Gasteiger partial charge in [0.2, 0.25) is 0 Å². The zero-order chi connectivity index (χ0) is 9.26. The van der Waals surface area contributed by atoms with Crippen LogP contribution >= 0.6 is 11.3 Å². The fourth-order valence-corrected chi connectivity index (χ4v) is 2.22. The van der Waals surface area contributed by atoms with E-state index in [1.807, 2.05) is 11.3 Å². The van der Waals surface area contributed by atoms with Crippen LogP contribution in [0, 0.1) is 13.8 Å². The molecule has 2 aromatic heterocycles. The van der Waals surface area contributed by atoms with E-state index in [9.17, 15) is 0 Å². The van der Waals surface area contributed by atoms with Gasteiger partial charge in [0.1, 0.15) is 0 Å². The molecule has 0 amide bonds. The Labute approximate surface area is 81.0 Å². The molecule has 0 bridgehead atoms. The van der Waals surface area contributed by atoms with Crippen LogP contribution in [0.25, 0.3) is 0 Å². The Morgan fingerprint density at radius 1 is 1.31 bits per heavy atom. The van der Waals surface area contributed by atoms with Gasteiger partial charge in [-0.15, -0.1) is 11.3 Å². The highest BCUT2D eigenvalue weighted by Crippen LogP contribution is 2.20. The molecular weight excluding hydrogens is 182 g/mol. The fraction of sp³-hybridized carbons (Fsp3) is 0.333. The first-order valence-corrected chi connectivity index (χ1v) is 4.97. The highest BCUT2D eigenvalue weighted by atomic mass is 32.1. The molecule has 2 heterocycles. The Balaban J connectivity index is 2.19. The number of hydrogen-bond acceptors (Lipinski definition) is 3. The monoisotopic (exact) mass is 193 g/mol. The van der Waals surface area contributed by atoms with E-state index in [4.69, 9.17) is 0 Å². The second-order valence-corrected chi connectivity index (χ2v) is 4.35. The normalized spacial score (nSPS) is 10.6. The molecule has 3 nitrogen and oxygen atoms in total. The maximum absolute atomic E-state index is 4.06. The number of aromatic nitrogens is 3. The molecule has 0 aliphatic rings. The van der Waals surface area contributed by atoms with Gasteiger partial charge in [0.05, 0.1) is 18.9 Å². The van der Waals surface area contributed by atoms with Crippen LogP contribution in [0.15, 0.2) is 18.5 Å². The summed E-state index contributed by atoms with van der Waals surface area (Å²) < 4.78 is 0. The van der Waals surface area contributed by atoms with Gasteiger partial charge in [-0.2, -0.15) is 15.0 Å². The summed E-state index contributed by atoms with van der Waals surface area (Å²) in [5.74, 6) is 0. The van der Waals surface area contributed by atoms with Crippen LogP contribution in [0.3, 0.4) is 0 Å². The smallest absolute Gasteiger partial charge is 0.0949 e. The molecule has 0 radical (unpaired) electrons. The second kappa shape index (κ2) is 3.30. The lowest BCUT2D eigenvalue weighted by Crippen LogP contribution is -2.01. The molecule has 0 aliphatic carbocycles. The molecule has 0 fully saturated rings. The zero-order valence-corrected chi connectivity index (χ0v) is 8.51. The molecule has 0 aliphatic heterocycles. The number of hydrogen-bond donors (Lipinski definition) is 0. The topological polar surface area (TPSA) is 30.7 Å². The third kappa shape index (κ3) is 1.78. The SMILES string of the molecule is Cc1cc(Cn2nccn2)sc1C. The summed E-state index contributed by atoms with van der Waals surface area (Å²) in [5, 5.41) is 8.13. The van der Waals surface area contributed by atoms with E-state index in [2.05, 4.69) is 30.1 Å². The van der Waals surface area contributed by atoms with Gasteiger partial charge in [-0.3, -0.25) is 0 Å².